The van der Waals surface area contributed by atoms with E-state index >= 15 is 0 Å². The zero-order valence-corrected chi connectivity index (χ0v) is 6.49. The lowest BCUT2D eigenvalue weighted by atomic mass is 10.1. The molecule has 0 aromatic heterocycles. The molecule has 0 fully saturated rings. The number of rotatable bonds is 1. The third-order valence-electron chi connectivity index (χ3n) is 1.46. The quantitative estimate of drug-likeness (QED) is 0.480. The summed E-state index contributed by atoms with van der Waals surface area (Å²) in [5.74, 6) is 0. The summed E-state index contributed by atoms with van der Waals surface area (Å²) in [6.45, 7) is 0. The van der Waals surface area contributed by atoms with Gasteiger partial charge in [-0.2, -0.15) is 5.26 Å². The first-order chi connectivity index (χ1) is 5.74. The fourth-order valence-corrected chi connectivity index (χ4v) is 0.830. The van der Waals surface area contributed by atoms with Crippen LogP contribution in [0.15, 0.2) is 24.3 Å². The molecule has 1 aromatic rings. The van der Waals surface area contributed by atoms with Crippen LogP contribution in [0.2, 0.25) is 0 Å². The Morgan fingerprint density at radius 3 is 2.58 bits per heavy atom. The van der Waals surface area contributed by atoms with Crippen LogP contribution in [0.4, 0.5) is 11.4 Å². The van der Waals surface area contributed by atoms with Gasteiger partial charge < -0.3 is 11.5 Å². The average Bonchev–Trinajstić information content (AvgIpc) is 2.07. The topological polar surface area (TPSA) is 75.8 Å². The molecule has 3 nitrogen and oxygen atoms in total. The Bertz CT molecular complexity index is 347. The number of hydrogen-bond acceptors (Lipinski definition) is 3. The third-order valence-corrected chi connectivity index (χ3v) is 1.46. The molecule has 0 spiro atoms. The number of hydrogen-bond donors (Lipinski definition) is 2. The maximum absolute atomic E-state index is 8.26. The van der Waals surface area contributed by atoms with Crippen molar-refractivity contribution in [2.75, 3.05) is 11.5 Å². The predicted octanol–water partition coefficient (Wildman–Crippen LogP) is 1.39. The first-order valence-electron chi connectivity index (χ1n) is 3.45. The van der Waals surface area contributed by atoms with Crippen molar-refractivity contribution in [3.63, 3.8) is 0 Å². The molecule has 0 amide bonds. The molecule has 0 saturated heterocycles. The molecular formula is C9H9N3. The highest BCUT2D eigenvalue weighted by Gasteiger charge is 1.92. The Morgan fingerprint density at radius 2 is 2.00 bits per heavy atom. The van der Waals surface area contributed by atoms with E-state index in [2.05, 4.69) is 0 Å². The van der Waals surface area contributed by atoms with Gasteiger partial charge in [-0.1, -0.05) is 6.07 Å². The number of anilines is 2. The summed E-state index contributed by atoms with van der Waals surface area (Å²) in [5.41, 5.74) is 13.0. The van der Waals surface area contributed by atoms with Crippen molar-refractivity contribution in [1.82, 2.24) is 0 Å². The minimum atomic E-state index is 0.537. The SMILES string of the molecule is N#CC=Cc1ccc(N)c(N)c1. The van der Waals surface area contributed by atoms with Crippen LogP contribution >= 0.6 is 0 Å². The van der Waals surface area contributed by atoms with E-state index in [-0.39, 0.29) is 0 Å². The van der Waals surface area contributed by atoms with Gasteiger partial charge in [-0.15, -0.1) is 0 Å². The van der Waals surface area contributed by atoms with Gasteiger partial charge in [0, 0.05) is 6.08 Å². The first kappa shape index (κ1) is 8.15. The Hall–Kier alpha value is -1.95. The van der Waals surface area contributed by atoms with Gasteiger partial charge in [0.15, 0.2) is 0 Å². The van der Waals surface area contributed by atoms with Gasteiger partial charge in [0.2, 0.25) is 0 Å². The van der Waals surface area contributed by atoms with Crippen LogP contribution in [0.1, 0.15) is 5.56 Å². The second-order valence-electron chi connectivity index (χ2n) is 2.35. The third kappa shape index (κ3) is 1.77. The molecule has 1 rings (SSSR count). The van der Waals surface area contributed by atoms with Crippen LogP contribution in [0.3, 0.4) is 0 Å². The standard InChI is InChI=1S/C9H9N3/c10-5-1-2-7-3-4-8(11)9(12)6-7/h1-4,6H,11-12H2. The lowest BCUT2D eigenvalue weighted by Crippen LogP contribution is -1.93. The van der Waals surface area contributed by atoms with Gasteiger partial charge in [-0.3, -0.25) is 0 Å². The summed E-state index contributed by atoms with van der Waals surface area (Å²) in [6, 6.07) is 7.14. The van der Waals surface area contributed by atoms with Crippen molar-refractivity contribution in [3.8, 4) is 6.07 Å². The molecule has 3 heteroatoms. The molecule has 60 valence electrons. The fraction of sp³-hybridized carbons (Fsp3) is 0. The number of nitrogens with zero attached hydrogens (tertiary/aromatic N) is 1. The summed E-state index contributed by atoms with van der Waals surface area (Å²) in [7, 11) is 0. The normalized spacial score (nSPS) is 9.92. The van der Waals surface area contributed by atoms with Gasteiger partial charge in [-0.25, -0.2) is 0 Å². The van der Waals surface area contributed by atoms with Crippen molar-refractivity contribution in [2.24, 2.45) is 0 Å². The Balaban J connectivity index is 2.99. The van der Waals surface area contributed by atoms with Gasteiger partial charge >= 0.3 is 0 Å². The van der Waals surface area contributed by atoms with Gasteiger partial charge in [0.25, 0.3) is 0 Å². The molecule has 0 aliphatic heterocycles. The Kier molecular flexibility index (Phi) is 2.34. The molecule has 0 atom stereocenters. The van der Waals surface area contributed by atoms with Crippen LogP contribution in [0, 0.1) is 11.3 Å². The lowest BCUT2D eigenvalue weighted by Gasteiger charge is -1.99. The lowest BCUT2D eigenvalue weighted by molar-refractivity contribution is 1.53. The largest absolute Gasteiger partial charge is 0.397 e. The minimum absolute atomic E-state index is 0.537. The van der Waals surface area contributed by atoms with E-state index in [1.165, 1.54) is 6.08 Å². The van der Waals surface area contributed by atoms with Crippen LogP contribution in [0.5, 0.6) is 0 Å². The summed E-state index contributed by atoms with van der Waals surface area (Å²) in [5, 5.41) is 8.26. The summed E-state index contributed by atoms with van der Waals surface area (Å²) in [4.78, 5) is 0. The highest BCUT2D eigenvalue weighted by Crippen LogP contribution is 2.16. The number of allylic oxidation sites excluding steroid dienone is 1. The second kappa shape index (κ2) is 3.44. The molecule has 0 bridgehead atoms. The summed E-state index contributed by atoms with van der Waals surface area (Å²) >= 11 is 0. The second-order valence-corrected chi connectivity index (χ2v) is 2.35. The van der Waals surface area contributed by atoms with E-state index in [1.54, 1.807) is 24.3 Å². The minimum Gasteiger partial charge on any atom is -0.397 e. The zero-order chi connectivity index (χ0) is 8.97. The molecule has 0 aliphatic rings. The van der Waals surface area contributed by atoms with Crippen molar-refractivity contribution in [1.29, 1.82) is 5.26 Å². The Morgan fingerprint density at radius 1 is 1.25 bits per heavy atom. The molecule has 0 unspecified atom stereocenters. The fourth-order valence-electron chi connectivity index (χ4n) is 0.830. The zero-order valence-electron chi connectivity index (χ0n) is 6.49. The van der Waals surface area contributed by atoms with Gasteiger partial charge in [0.05, 0.1) is 17.4 Å². The summed E-state index contributed by atoms with van der Waals surface area (Å²) in [6.07, 6.45) is 3.07. The number of nitriles is 1. The van der Waals surface area contributed by atoms with Crippen LogP contribution in [0.25, 0.3) is 6.08 Å². The number of nitrogen functional groups attached to an aromatic ring is 2. The van der Waals surface area contributed by atoms with Crippen molar-refractivity contribution < 1.29 is 0 Å². The van der Waals surface area contributed by atoms with E-state index in [4.69, 9.17) is 16.7 Å². The van der Waals surface area contributed by atoms with Crippen molar-refractivity contribution in [2.45, 2.75) is 0 Å². The van der Waals surface area contributed by atoms with Gasteiger partial charge in [-0.05, 0) is 23.8 Å². The molecule has 0 saturated carbocycles. The molecule has 1 aromatic carbocycles. The smallest absolute Gasteiger partial charge is 0.0912 e. The highest BCUT2D eigenvalue weighted by atomic mass is 14.7. The van der Waals surface area contributed by atoms with E-state index in [0.717, 1.165) is 5.56 Å². The molecule has 0 aliphatic carbocycles. The molecule has 0 radical (unpaired) electrons. The predicted molar refractivity (Wildman–Crippen MR) is 49.9 cm³/mol. The monoisotopic (exact) mass is 159 g/mol. The number of benzene rings is 1. The maximum atomic E-state index is 8.26. The van der Waals surface area contributed by atoms with Crippen molar-refractivity contribution >= 4 is 17.5 Å². The van der Waals surface area contributed by atoms with Crippen LogP contribution < -0.4 is 11.5 Å². The average molecular weight is 159 g/mol. The van der Waals surface area contributed by atoms with E-state index in [9.17, 15) is 0 Å². The van der Waals surface area contributed by atoms with Crippen molar-refractivity contribution in [3.05, 3.63) is 29.8 Å². The van der Waals surface area contributed by atoms with E-state index in [0.29, 0.717) is 11.4 Å². The van der Waals surface area contributed by atoms with Crippen LogP contribution in [-0.2, 0) is 0 Å². The first-order valence-corrected chi connectivity index (χ1v) is 3.45. The molecule has 4 N–H and O–H groups in total. The molecule has 12 heavy (non-hydrogen) atoms. The van der Waals surface area contributed by atoms with Gasteiger partial charge in [0.1, 0.15) is 0 Å². The van der Waals surface area contributed by atoms with E-state index < -0.39 is 0 Å². The maximum Gasteiger partial charge on any atom is 0.0912 e. The molecule has 0 heterocycles. The molecular weight excluding hydrogens is 150 g/mol. The van der Waals surface area contributed by atoms with E-state index in [1.807, 2.05) is 6.07 Å². The highest BCUT2D eigenvalue weighted by molar-refractivity contribution is 5.68. The van der Waals surface area contributed by atoms with Crippen LogP contribution in [-0.4, -0.2) is 0 Å². The summed E-state index contributed by atoms with van der Waals surface area (Å²) < 4.78 is 0. The Labute approximate surface area is 70.9 Å². The number of nitrogens with two attached hydrogens (primary N) is 2.